The van der Waals surface area contributed by atoms with Gasteiger partial charge in [-0.15, -0.1) is 0 Å². The van der Waals surface area contributed by atoms with Crippen molar-refractivity contribution < 1.29 is 9.53 Å². The topological polar surface area (TPSA) is 38.3 Å². The van der Waals surface area contributed by atoms with Crippen molar-refractivity contribution in [1.29, 1.82) is 0 Å². The van der Waals surface area contributed by atoms with Gasteiger partial charge in [0.15, 0.2) is 0 Å². The summed E-state index contributed by atoms with van der Waals surface area (Å²) in [6.07, 6.45) is 0.637. The number of hydrogen-bond donors (Lipinski definition) is 1. The molecule has 0 spiro atoms. The molecule has 3 heteroatoms. The summed E-state index contributed by atoms with van der Waals surface area (Å²) in [7, 11) is 1.57. The quantitative estimate of drug-likeness (QED) is 0.875. The lowest BCUT2D eigenvalue weighted by Gasteiger charge is -2.27. The van der Waals surface area contributed by atoms with Crippen LogP contribution in [0.5, 0.6) is 0 Å². The lowest BCUT2D eigenvalue weighted by Crippen LogP contribution is -2.41. The zero-order valence-corrected chi connectivity index (χ0v) is 12.8. The van der Waals surface area contributed by atoms with E-state index in [-0.39, 0.29) is 5.91 Å². The average Bonchev–Trinajstić information content (AvgIpc) is 2.39. The molecule has 106 valence electrons. The van der Waals surface area contributed by atoms with E-state index in [0.717, 1.165) is 16.8 Å². The molecule has 1 aromatic carbocycles. The first-order chi connectivity index (χ1) is 8.85. The van der Waals surface area contributed by atoms with Gasteiger partial charge in [-0.3, -0.25) is 4.79 Å². The molecule has 1 rings (SSSR count). The fourth-order valence-electron chi connectivity index (χ4n) is 1.99. The van der Waals surface area contributed by atoms with Crippen LogP contribution in [0.1, 0.15) is 51.2 Å². The van der Waals surface area contributed by atoms with Crippen LogP contribution in [0.4, 0.5) is 5.69 Å². The van der Waals surface area contributed by atoms with Gasteiger partial charge in [0.25, 0.3) is 5.91 Å². The third-order valence-electron chi connectivity index (χ3n) is 3.77. The third kappa shape index (κ3) is 3.35. The maximum Gasteiger partial charge on any atom is 0.256 e. The molecular weight excluding hydrogens is 238 g/mol. The first-order valence-electron chi connectivity index (χ1n) is 6.81. The molecular formula is C16H25NO2. The van der Waals surface area contributed by atoms with Crippen LogP contribution in [0, 0.1) is 6.92 Å². The molecule has 19 heavy (non-hydrogen) atoms. The lowest BCUT2D eigenvalue weighted by atomic mass is 9.96. The van der Waals surface area contributed by atoms with E-state index in [1.807, 2.05) is 32.9 Å². The van der Waals surface area contributed by atoms with E-state index >= 15 is 0 Å². The minimum absolute atomic E-state index is 0.0892. The fourth-order valence-corrected chi connectivity index (χ4v) is 1.99. The Morgan fingerprint density at radius 3 is 2.53 bits per heavy atom. The van der Waals surface area contributed by atoms with E-state index in [2.05, 4.69) is 25.2 Å². The molecule has 0 aliphatic carbocycles. The van der Waals surface area contributed by atoms with Crippen LogP contribution >= 0.6 is 0 Å². The molecule has 0 radical (unpaired) electrons. The van der Waals surface area contributed by atoms with Crippen LogP contribution < -0.4 is 5.32 Å². The number of nitrogens with one attached hydrogen (secondary N) is 1. The van der Waals surface area contributed by atoms with E-state index in [1.165, 1.54) is 0 Å². The molecule has 1 amide bonds. The number of anilines is 1. The highest BCUT2D eigenvalue weighted by Crippen LogP contribution is 2.28. The van der Waals surface area contributed by atoms with Crippen molar-refractivity contribution in [2.45, 2.75) is 52.6 Å². The number of hydrogen-bond acceptors (Lipinski definition) is 2. The Labute approximate surface area is 116 Å². The van der Waals surface area contributed by atoms with Crippen LogP contribution in [-0.4, -0.2) is 18.6 Å². The molecule has 0 bridgehead atoms. The second-order valence-electron chi connectivity index (χ2n) is 5.44. The van der Waals surface area contributed by atoms with Gasteiger partial charge in [0, 0.05) is 12.8 Å². The summed E-state index contributed by atoms with van der Waals surface area (Å²) in [6, 6.07) is 6.09. The molecule has 3 nitrogen and oxygen atoms in total. The van der Waals surface area contributed by atoms with Crippen LogP contribution in [0.25, 0.3) is 0 Å². The van der Waals surface area contributed by atoms with Crippen molar-refractivity contribution in [2.75, 3.05) is 12.4 Å². The van der Waals surface area contributed by atoms with Crippen molar-refractivity contribution in [2.24, 2.45) is 0 Å². The number of methoxy groups -OCH3 is 1. The minimum atomic E-state index is -0.781. The van der Waals surface area contributed by atoms with Crippen molar-refractivity contribution in [1.82, 2.24) is 0 Å². The van der Waals surface area contributed by atoms with Gasteiger partial charge in [-0.1, -0.05) is 39.0 Å². The van der Waals surface area contributed by atoms with Crippen molar-refractivity contribution in [3.8, 4) is 0 Å². The monoisotopic (exact) mass is 263 g/mol. The highest BCUT2D eigenvalue weighted by atomic mass is 16.5. The van der Waals surface area contributed by atoms with Crippen LogP contribution in [0.3, 0.4) is 0 Å². The number of ether oxygens (including phenoxy) is 1. The summed E-state index contributed by atoms with van der Waals surface area (Å²) in [5.41, 5.74) is 2.37. The number of carbonyl (C=O) groups excluding carboxylic acids is 1. The first-order valence-corrected chi connectivity index (χ1v) is 6.81. The summed E-state index contributed by atoms with van der Waals surface area (Å²) in [5, 5.41) is 3.04. The maximum atomic E-state index is 12.4. The SMILES string of the molecule is CCC(C)(OC)C(=O)Nc1c(C)cccc1C(C)C. The van der Waals surface area contributed by atoms with Gasteiger partial charge in [0.05, 0.1) is 0 Å². The Kier molecular flexibility index (Phi) is 5.12. The van der Waals surface area contributed by atoms with Gasteiger partial charge in [-0.2, -0.15) is 0 Å². The van der Waals surface area contributed by atoms with Gasteiger partial charge in [0.1, 0.15) is 5.60 Å². The lowest BCUT2D eigenvalue weighted by molar-refractivity contribution is -0.136. The molecule has 1 atom stereocenters. The molecule has 1 N–H and O–H groups in total. The Bertz CT molecular complexity index is 448. The minimum Gasteiger partial charge on any atom is -0.369 e. The number of aryl methyl sites for hydroxylation is 1. The Balaban J connectivity index is 3.09. The summed E-state index contributed by atoms with van der Waals surface area (Å²) < 4.78 is 5.35. The van der Waals surface area contributed by atoms with E-state index in [9.17, 15) is 4.79 Å². The second kappa shape index (κ2) is 6.20. The Hall–Kier alpha value is -1.35. The summed E-state index contributed by atoms with van der Waals surface area (Å²) in [5.74, 6) is 0.277. The largest absolute Gasteiger partial charge is 0.369 e. The predicted molar refractivity (Wildman–Crippen MR) is 79.6 cm³/mol. The van der Waals surface area contributed by atoms with E-state index in [4.69, 9.17) is 4.74 Å². The smallest absolute Gasteiger partial charge is 0.256 e. The van der Waals surface area contributed by atoms with Gasteiger partial charge in [-0.25, -0.2) is 0 Å². The molecule has 0 aliphatic rings. The summed E-state index contributed by atoms with van der Waals surface area (Å²) >= 11 is 0. The summed E-state index contributed by atoms with van der Waals surface area (Å²) in [4.78, 5) is 12.4. The van der Waals surface area contributed by atoms with Crippen LogP contribution in [0.2, 0.25) is 0 Å². The van der Waals surface area contributed by atoms with Crippen LogP contribution in [0.15, 0.2) is 18.2 Å². The number of amides is 1. The van der Waals surface area contributed by atoms with E-state index in [0.29, 0.717) is 12.3 Å². The Morgan fingerprint density at radius 1 is 1.42 bits per heavy atom. The van der Waals surface area contributed by atoms with E-state index in [1.54, 1.807) is 7.11 Å². The first kappa shape index (κ1) is 15.7. The number of benzene rings is 1. The zero-order valence-electron chi connectivity index (χ0n) is 12.8. The highest BCUT2D eigenvalue weighted by molar-refractivity contribution is 5.98. The van der Waals surface area contributed by atoms with Gasteiger partial charge in [-0.05, 0) is 37.3 Å². The van der Waals surface area contributed by atoms with Crippen molar-refractivity contribution in [3.05, 3.63) is 29.3 Å². The van der Waals surface area contributed by atoms with Gasteiger partial charge < -0.3 is 10.1 Å². The average molecular weight is 263 g/mol. The highest BCUT2D eigenvalue weighted by Gasteiger charge is 2.31. The molecule has 0 saturated heterocycles. The predicted octanol–water partition coefficient (Wildman–Crippen LogP) is 3.87. The molecule has 1 unspecified atom stereocenters. The van der Waals surface area contributed by atoms with Gasteiger partial charge >= 0.3 is 0 Å². The number of para-hydroxylation sites is 1. The molecule has 0 aliphatic heterocycles. The third-order valence-corrected chi connectivity index (χ3v) is 3.77. The van der Waals surface area contributed by atoms with Crippen LogP contribution in [-0.2, 0) is 9.53 Å². The maximum absolute atomic E-state index is 12.4. The second-order valence-corrected chi connectivity index (χ2v) is 5.44. The van der Waals surface area contributed by atoms with Gasteiger partial charge in [0.2, 0.25) is 0 Å². The van der Waals surface area contributed by atoms with E-state index < -0.39 is 5.60 Å². The summed E-state index contributed by atoms with van der Waals surface area (Å²) in [6.45, 7) is 10.0. The fraction of sp³-hybridized carbons (Fsp3) is 0.562. The zero-order chi connectivity index (χ0) is 14.6. The molecule has 0 saturated carbocycles. The number of rotatable bonds is 5. The Morgan fingerprint density at radius 2 is 2.05 bits per heavy atom. The van der Waals surface area contributed by atoms with Crippen molar-refractivity contribution in [3.63, 3.8) is 0 Å². The standard InChI is InChI=1S/C16H25NO2/c1-7-16(5,19-6)15(18)17-14-12(4)9-8-10-13(14)11(2)3/h8-11H,7H2,1-6H3,(H,17,18). The molecule has 1 aromatic rings. The molecule has 0 heterocycles. The number of carbonyl (C=O) groups is 1. The molecule has 0 aromatic heterocycles. The normalized spacial score (nSPS) is 14.3. The molecule has 0 fully saturated rings. The van der Waals surface area contributed by atoms with Crippen molar-refractivity contribution >= 4 is 11.6 Å².